The van der Waals surface area contributed by atoms with Crippen LogP contribution in [0.5, 0.6) is 0 Å². The smallest absolute Gasteiger partial charge is 0.308 e. The zero-order chi connectivity index (χ0) is 18.8. The van der Waals surface area contributed by atoms with Crippen molar-refractivity contribution in [3.8, 4) is 0 Å². The minimum atomic E-state index is -0.878. The lowest BCUT2D eigenvalue weighted by atomic mass is 10.0. The lowest BCUT2D eigenvalue weighted by Crippen LogP contribution is -2.58. The number of nitrogens with one attached hydrogen (secondary N) is 1. The number of rotatable bonds is 3. The Kier molecular flexibility index (Phi) is 4.88. The molecular formula is C19H21N3O4. The molecule has 2 heterocycles. The summed E-state index contributed by atoms with van der Waals surface area (Å²) in [5.74, 6) is -1.19. The summed E-state index contributed by atoms with van der Waals surface area (Å²) in [5.41, 5.74) is 2.91. The minimum absolute atomic E-state index is 0.173. The van der Waals surface area contributed by atoms with Gasteiger partial charge in [-0.1, -0.05) is 11.6 Å². The number of carbonyl (C=O) groups excluding carboxylic acids is 3. The predicted molar refractivity (Wildman–Crippen MR) is 95.7 cm³/mol. The molecule has 0 bridgehead atoms. The SMILES string of the molecule is COC(=O)CC1C(=O)NCCN1C(=O)c1cc2cc(C)ccc2nc1C. The largest absolute Gasteiger partial charge is 0.469 e. The fourth-order valence-corrected chi connectivity index (χ4v) is 3.17. The van der Waals surface area contributed by atoms with Gasteiger partial charge in [-0.2, -0.15) is 0 Å². The van der Waals surface area contributed by atoms with Gasteiger partial charge in [0.1, 0.15) is 6.04 Å². The Bertz CT molecular complexity index is 894. The fourth-order valence-electron chi connectivity index (χ4n) is 3.17. The molecule has 1 saturated heterocycles. The molecule has 1 aromatic carbocycles. The molecule has 1 aliphatic rings. The van der Waals surface area contributed by atoms with E-state index in [-0.39, 0.29) is 18.2 Å². The second-order valence-corrected chi connectivity index (χ2v) is 6.40. The molecule has 26 heavy (non-hydrogen) atoms. The van der Waals surface area contributed by atoms with Gasteiger partial charge in [0.15, 0.2) is 0 Å². The highest BCUT2D eigenvalue weighted by Gasteiger charge is 2.36. The molecule has 1 aliphatic heterocycles. The van der Waals surface area contributed by atoms with E-state index in [0.29, 0.717) is 24.3 Å². The monoisotopic (exact) mass is 355 g/mol. The number of hydrogen-bond acceptors (Lipinski definition) is 5. The van der Waals surface area contributed by atoms with Crippen LogP contribution >= 0.6 is 0 Å². The quantitative estimate of drug-likeness (QED) is 0.840. The van der Waals surface area contributed by atoms with E-state index in [1.165, 1.54) is 12.0 Å². The zero-order valence-corrected chi connectivity index (χ0v) is 15.0. The maximum Gasteiger partial charge on any atom is 0.308 e. The maximum atomic E-state index is 13.1. The third-order valence-electron chi connectivity index (χ3n) is 4.57. The summed E-state index contributed by atoms with van der Waals surface area (Å²) in [5, 5.41) is 3.56. The number of benzene rings is 1. The average Bonchev–Trinajstić information content (AvgIpc) is 2.62. The summed E-state index contributed by atoms with van der Waals surface area (Å²) >= 11 is 0. The van der Waals surface area contributed by atoms with Crippen LogP contribution in [0.1, 0.15) is 28.0 Å². The van der Waals surface area contributed by atoms with Crippen molar-refractivity contribution in [2.75, 3.05) is 20.2 Å². The average molecular weight is 355 g/mol. The van der Waals surface area contributed by atoms with E-state index >= 15 is 0 Å². The van der Waals surface area contributed by atoms with Gasteiger partial charge in [0.05, 0.1) is 30.3 Å². The van der Waals surface area contributed by atoms with E-state index in [4.69, 9.17) is 0 Å². The van der Waals surface area contributed by atoms with Gasteiger partial charge < -0.3 is 15.0 Å². The molecule has 1 fully saturated rings. The number of hydrogen-bond donors (Lipinski definition) is 1. The Morgan fingerprint density at radius 2 is 2.08 bits per heavy atom. The normalized spacial score (nSPS) is 17.1. The third kappa shape index (κ3) is 3.37. The molecule has 0 aliphatic carbocycles. The molecule has 1 aromatic heterocycles. The Morgan fingerprint density at radius 3 is 2.81 bits per heavy atom. The number of fused-ring (bicyclic) bond motifs is 1. The summed E-state index contributed by atoms with van der Waals surface area (Å²) in [4.78, 5) is 42.9. The van der Waals surface area contributed by atoms with Crippen molar-refractivity contribution in [3.05, 3.63) is 41.1 Å². The number of amides is 2. The van der Waals surface area contributed by atoms with Crippen LogP contribution in [-0.2, 0) is 14.3 Å². The Balaban J connectivity index is 1.98. The number of pyridine rings is 1. The molecule has 2 amide bonds. The molecule has 2 aromatic rings. The molecule has 7 heteroatoms. The molecule has 0 radical (unpaired) electrons. The summed E-state index contributed by atoms with van der Waals surface area (Å²) < 4.78 is 4.66. The molecule has 1 atom stereocenters. The van der Waals surface area contributed by atoms with E-state index in [1.54, 1.807) is 13.0 Å². The van der Waals surface area contributed by atoms with E-state index in [2.05, 4.69) is 15.0 Å². The van der Waals surface area contributed by atoms with Crippen molar-refractivity contribution < 1.29 is 19.1 Å². The van der Waals surface area contributed by atoms with Gasteiger partial charge in [0.2, 0.25) is 5.91 Å². The Hall–Kier alpha value is -2.96. The molecule has 136 valence electrons. The Labute approximate surface area is 151 Å². The first-order valence-electron chi connectivity index (χ1n) is 8.44. The van der Waals surface area contributed by atoms with Crippen molar-refractivity contribution in [1.29, 1.82) is 0 Å². The third-order valence-corrected chi connectivity index (χ3v) is 4.57. The first-order valence-corrected chi connectivity index (χ1v) is 8.44. The number of aryl methyl sites for hydroxylation is 2. The minimum Gasteiger partial charge on any atom is -0.469 e. The topological polar surface area (TPSA) is 88.6 Å². The van der Waals surface area contributed by atoms with Crippen LogP contribution in [0.15, 0.2) is 24.3 Å². The number of methoxy groups -OCH3 is 1. The van der Waals surface area contributed by atoms with Crippen LogP contribution in [0.3, 0.4) is 0 Å². The maximum absolute atomic E-state index is 13.1. The molecule has 7 nitrogen and oxygen atoms in total. The van der Waals surface area contributed by atoms with Crippen molar-refractivity contribution in [2.24, 2.45) is 0 Å². The van der Waals surface area contributed by atoms with Gasteiger partial charge in [-0.3, -0.25) is 19.4 Å². The van der Waals surface area contributed by atoms with Crippen molar-refractivity contribution in [1.82, 2.24) is 15.2 Å². The summed E-state index contributed by atoms with van der Waals surface area (Å²) in [6.45, 7) is 4.42. The highest BCUT2D eigenvalue weighted by Crippen LogP contribution is 2.21. The first kappa shape index (κ1) is 17.8. The number of ether oxygens (including phenoxy) is 1. The van der Waals surface area contributed by atoms with Crippen molar-refractivity contribution in [3.63, 3.8) is 0 Å². The number of aromatic nitrogens is 1. The number of carbonyl (C=O) groups is 3. The van der Waals surface area contributed by atoms with E-state index < -0.39 is 12.0 Å². The highest BCUT2D eigenvalue weighted by molar-refractivity contribution is 6.02. The number of piperazine rings is 1. The van der Waals surface area contributed by atoms with Crippen LogP contribution in [0.4, 0.5) is 0 Å². The van der Waals surface area contributed by atoms with Crippen molar-refractivity contribution >= 4 is 28.7 Å². The zero-order valence-electron chi connectivity index (χ0n) is 15.0. The standard InChI is InChI=1S/C19H21N3O4/c1-11-4-5-15-13(8-11)9-14(12(2)21-15)19(25)22-7-6-20-18(24)16(22)10-17(23)26-3/h4-5,8-9,16H,6-7,10H2,1-3H3,(H,20,24). The van der Waals surface area contributed by atoms with Gasteiger partial charge in [0.25, 0.3) is 5.91 Å². The number of esters is 1. The summed E-state index contributed by atoms with van der Waals surface area (Å²) in [6.07, 6.45) is -0.173. The lowest BCUT2D eigenvalue weighted by Gasteiger charge is -2.34. The molecule has 1 unspecified atom stereocenters. The van der Waals surface area contributed by atoms with E-state index in [1.807, 2.05) is 25.1 Å². The van der Waals surface area contributed by atoms with Gasteiger partial charge in [-0.05, 0) is 32.0 Å². The second-order valence-electron chi connectivity index (χ2n) is 6.40. The van der Waals surface area contributed by atoms with Crippen LogP contribution in [0, 0.1) is 13.8 Å². The predicted octanol–water partition coefficient (Wildman–Crippen LogP) is 1.36. The van der Waals surface area contributed by atoms with Gasteiger partial charge in [-0.25, -0.2) is 0 Å². The van der Waals surface area contributed by atoms with Crippen molar-refractivity contribution in [2.45, 2.75) is 26.3 Å². The van der Waals surface area contributed by atoms with Crippen LogP contribution in [0.2, 0.25) is 0 Å². The molecule has 1 N–H and O–H groups in total. The molecule has 0 saturated carbocycles. The van der Waals surface area contributed by atoms with Gasteiger partial charge >= 0.3 is 5.97 Å². The number of nitrogens with zero attached hydrogens (tertiary/aromatic N) is 2. The fraction of sp³-hybridized carbons (Fsp3) is 0.368. The van der Waals surface area contributed by atoms with E-state index in [9.17, 15) is 14.4 Å². The van der Waals surface area contributed by atoms with E-state index in [0.717, 1.165) is 16.5 Å². The lowest BCUT2D eigenvalue weighted by molar-refractivity contribution is -0.145. The summed E-state index contributed by atoms with van der Waals surface area (Å²) in [7, 11) is 1.26. The second kappa shape index (κ2) is 7.11. The first-order chi connectivity index (χ1) is 12.4. The van der Waals surface area contributed by atoms with Crippen LogP contribution < -0.4 is 5.32 Å². The molecular weight excluding hydrogens is 334 g/mol. The van der Waals surface area contributed by atoms with Gasteiger partial charge in [0, 0.05) is 18.5 Å². The molecule has 0 spiro atoms. The Morgan fingerprint density at radius 1 is 1.31 bits per heavy atom. The molecule has 3 rings (SSSR count). The van der Waals surface area contributed by atoms with Crippen LogP contribution in [-0.4, -0.2) is 53.9 Å². The highest BCUT2D eigenvalue weighted by atomic mass is 16.5. The van der Waals surface area contributed by atoms with Gasteiger partial charge in [-0.15, -0.1) is 0 Å². The van der Waals surface area contributed by atoms with Crippen LogP contribution in [0.25, 0.3) is 10.9 Å². The summed E-state index contributed by atoms with van der Waals surface area (Å²) in [6, 6.07) is 6.77.